The molecule has 84 valence electrons. The van der Waals surface area contributed by atoms with Crippen molar-refractivity contribution in [2.75, 3.05) is 5.73 Å². The Bertz CT molecular complexity index is 591. The Morgan fingerprint density at radius 1 is 1.00 bits per heavy atom. The predicted molar refractivity (Wildman–Crippen MR) is 73.6 cm³/mol. The second-order valence-electron chi connectivity index (χ2n) is 4.67. The molecule has 1 aliphatic rings. The number of hydrogen-bond donors (Lipinski definition) is 1. The van der Waals surface area contributed by atoms with E-state index >= 15 is 0 Å². The SMILES string of the molecule is Cc1ccc2c(c1)C=C(c1ccc(N)cc1)C2. The molecule has 2 aromatic rings. The Kier molecular flexibility index (Phi) is 2.25. The molecule has 17 heavy (non-hydrogen) atoms. The quantitative estimate of drug-likeness (QED) is 0.730. The fourth-order valence-electron chi connectivity index (χ4n) is 2.34. The van der Waals surface area contributed by atoms with Crippen molar-refractivity contribution < 1.29 is 0 Å². The van der Waals surface area contributed by atoms with Gasteiger partial charge in [0, 0.05) is 5.69 Å². The molecule has 0 bridgehead atoms. The molecular formula is C16H15N. The number of benzene rings is 2. The first kappa shape index (κ1) is 10.2. The Morgan fingerprint density at radius 2 is 1.76 bits per heavy atom. The van der Waals surface area contributed by atoms with Crippen LogP contribution < -0.4 is 5.73 Å². The van der Waals surface area contributed by atoms with Crippen LogP contribution in [0.5, 0.6) is 0 Å². The molecule has 0 saturated carbocycles. The second-order valence-corrected chi connectivity index (χ2v) is 4.67. The number of hydrogen-bond acceptors (Lipinski definition) is 1. The lowest BCUT2D eigenvalue weighted by atomic mass is 10.0. The molecule has 0 fully saturated rings. The summed E-state index contributed by atoms with van der Waals surface area (Å²) in [5.74, 6) is 0. The summed E-state index contributed by atoms with van der Waals surface area (Å²) in [6, 6.07) is 14.8. The Hall–Kier alpha value is -2.02. The fourth-order valence-corrected chi connectivity index (χ4v) is 2.34. The summed E-state index contributed by atoms with van der Waals surface area (Å²) in [7, 11) is 0. The van der Waals surface area contributed by atoms with Crippen molar-refractivity contribution in [1.82, 2.24) is 0 Å². The molecule has 3 rings (SSSR count). The van der Waals surface area contributed by atoms with Gasteiger partial charge in [-0.2, -0.15) is 0 Å². The lowest BCUT2D eigenvalue weighted by molar-refractivity contribution is 1.30. The molecule has 1 heteroatoms. The van der Waals surface area contributed by atoms with Gasteiger partial charge < -0.3 is 5.73 Å². The van der Waals surface area contributed by atoms with E-state index in [2.05, 4.69) is 43.3 Å². The molecule has 0 aliphatic heterocycles. The Balaban J connectivity index is 1.99. The molecule has 0 saturated heterocycles. The molecule has 1 aliphatic carbocycles. The van der Waals surface area contributed by atoms with Gasteiger partial charge in [0.25, 0.3) is 0 Å². The van der Waals surface area contributed by atoms with Gasteiger partial charge in [0.05, 0.1) is 0 Å². The third-order valence-corrected chi connectivity index (χ3v) is 3.29. The first-order valence-corrected chi connectivity index (χ1v) is 5.88. The molecular weight excluding hydrogens is 206 g/mol. The number of nitrogen functional groups attached to an aromatic ring is 1. The zero-order valence-corrected chi connectivity index (χ0v) is 9.90. The van der Waals surface area contributed by atoms with Gasteiger partial charge in [-0.05, 0) is 47.7 Å². The van der Waals surface area contributed by atoms with E-state index < -0.39 is 0 Å². The van der Waals surface area contributed by atoms with E-state index in [1.807, 2.05) is 12.1 Å². The van der Waals surface area contributed by atoms with Gasteiger partial charge in [0.1, 0.15) is 0 Å². The molecule has 0 amide bonds. The summed E-state index contributed by atoms with van der Waals surface area (Å²) < 4.78 is 0. The van der Waals surface area contributed by atoms with Crippen LogP contribution in [0.15, 0.2) is 42.5 Å². The highest BCUT2D eigenvalue weighted by Crippen LogP contribution is 2.32. The largest absolute Gasteiger partial charge is 0.399 e. The first-order valence-electron chi connectivity index (χ1n) is 5.88. The average molecular weight is 221 g/mol. The van der Waals surface area contributed by atoms with Gasteiger partial charge in [-0.1, -0.05) is 42.0 Å². The fraction of sp³-hybridized carbons (Fsp3) is 0.125. The number of aryl methyl sites for hydroxylation is 1. The Labute approximate surface area is 102 Å². The standard InChI is InChI=1S/C16H15N/c1-11-2-3-13-9-15(10-14(13)8-11)12-4-6-16(17)7-5-12/h2-8,10H,9,17H2,1H3. The van der Waals surface area contributed by atoms with E-state index in [1.165, 1.54) is 27.8 Å². The van der Waals surface area contributed by atoms with Crippen molar-refractivity contribution in [3.8, 4) is 0 Å². The lowest BCUT2D eigenvalue weighted by Crippen LogP contribution is -1.88. The highest BCUT2D eigenvalue weighted by atomic mass is 14.5. The van der Waals surface area contributed by atoms with Crippen molar-refractivity contribution in [1.29, 1.82) is 0 Å². The van der Waals surface area contributed by atoms with Crippen molar-refractivity contribution in [2.45, 2.75) is 13.3 Å². The van der Waals surface area contributed by atoms with Crippen LogP contribution in [-0.4, -0.2) is 0 Å². The summed E-state index contributed by atoms with van der Waals surface area (Å²) in [5, 5.41) is 0. The van der Waals surface area contributed by atoms with Crippen molar-refractivity contribution >= 4 is 17.3 Å². The summed E-state index contributed by atoms with van der Waals surface area (Å²) in [5.41, 5.74) is 13.3. The molecule has 0 spiro atoms. The number of allylic oxidation sites excluding steroid dienone is 1. The van der Waals surface area contributed by atoms with E-state index in [0.29, 0.717) is 0 Å². The summed E-state index contributed by atoms with van der Waals surface area (Å²) >= 11 is 0. The van der Waals surface area contributed by atoms with E-state index in [1.54, 1.807) is 0 Å². The molecule has 0 radical (unpaired) electrons. The molecule has 1 nitrogen and oxygen atoms in total. The van der Waals surface area contributed by atoms with Crippen LogP contribution in [0.1, 0.15) is 22.3 Å². The van der Waals surface area contributed by atoms with Crippen molar-refractivity contribution in [2.24, 2.45) is 0 Å². The van der Waals surface area contributed by atoms with Crippen LogP contribution in [-0.2, 0) is 6.42 Å². The normalized spacial score (nSPS) is 13.4. The van der Waals surface area contributed by atoms with Gasteiger partial charge in [0.15, 0.2) is 0 Å². The minimum Gasteiger partial charge on any atom is -0.399 e. The molecule has 0 heterocycles. The molecule has 2 N–H and O–H groups in total. The first-order chi connectivity index (χ1) is 8.22. The number of nitrogens with two attached hydrogens (primary N) is 1. The predicted octanol–water partition coefficient (Wildman–Crippen LogP) is 3.67. The van der Waals surface area contributed by atoms with Gasteiger partial charge in [-0.25, -0.2) is 0 Å². The molecule has 0 aromatic heterocycles. The second kappa shape index (κ2) is 3.77. The third-order valence-electron chi connectivity index (χ3n) is 3.29. The van der Waals surface area contributed by atoms with E-state index in [0.717, 1.165) is 12.1 Å². The van der Waals surface area contributed by atoms with Gasteiger partial charge in [0.2, 0.25) is 0 Å². The van der Waals surface area contributed by atoms with Crippen molar-refractivity contribution in [3.63, 3.8) is 0 Å². The minimum atomic E-state index is 0.820. The van der Waals surface area contributed by atoms with Crippen LogP contribution in [0.3, 0.4) is 0 Å². The topological polar surface area (TPSA) is 26.0 Å². The van der Waals surface area contributed by atoms with Gasteiger partial charge in [-0.15, -0.1) is 0 Å². The summed E-state index contributed by atoms with van der Waals surface area (Å²) in [6.45, 7) is 2.13. The number of anilines is 1. The highest BCUT2D eigenvalue weighted by Gasteiger charge is 2.13. The van der Waals surface area contributed by atoms with E-state index in [9.17, 15) is 0 Å². The van der Waals surface area contributed by atoms with Gasteiger partial charge in [-0.3, -0.25) is 0 Å². The van der Waals surface area contributed by atoms with E-state index in [4.69, 9.17) is 5.73 Å². The lowest BCUT2D eigenvalue weighted by Gasteiger charge is -2.02. The maximum atomic E-state index is 5.71. The van der Waals surface area contributed by atoms with Crippen LogP contribution >= 0.6 is 0 Å². The van der Waals surface area contributed by atoms with Crippen molar-refractivity contribution in [3.05, 3.63) is 64.7 Å². The van der Waals surface area contributed by atoms with Crippen LogP contribution in [0.4, 0.5) is 5.69 Å². The Morgan fingerprint density at radius 3 is 2.53 bits per heavy atom. The third kappa shape index (κ3) is 1.84. The van der Waals surface area contributed by atoms with Crippen LogP contribution in [0.2, 0.25) is 0 Å². The molecule has 2 aromatic carbocycles. The van der Waals surface area contributed by atoms with Crippen LogP contribution in [0.25, 0.3) is 11.6 Å². The average Bonchev–Trinajstić information content (AvgIpc) is 2.72. The van der Waals surface area contributed by atoms with Crippen LogP contribution in [0, 0.1) is 6.92 Å². The maximum absolute atomic E-state index is 5.71. The van der Waals surface area contributed by atoms with E-state index in [-0.39, 0.29) is 0 Å². The minimum absolute atomic E-state index is 0.820. The number of fused-ring (bicyclic) bond motifs is 1. The molecule has 0 unspecified atom stereocenters. The maximum Gasteiger partial charge on any atom is 0.0314 e. The zero-order valence-electron chi connectivity index (χ0n) is 9.90. The monoisotopic (exact) mass is 221 g/mol. The van der Waals surface area contributed by atoms with Gasteiger partial charge >= 0.3 is 0 Å². The highest BCUT2D eigenvalue weighted by molar-refractivity contribution is 5.88. The summed E-state index contributed by atoms with van der Waals surface area (Å²) in [4.78, 5) is 0. The number of rotatable bonds is 1. The zero-order chi connectivity index (χ0) is 11.8. The molecule has 0 atom stereocenters. The smallest absolute Gasteiger partial charge is 0.0314 e. The summed E-state index contributed by atoms with van der Waals surface area (Å²) in [6.07, 6.45) is 3.31.